The molecule has 1 aromatic rings. The summed E-state index contributed by atoms with van der Waals surface area (Å²) in [7, 11) is 1.32. The van der Waals surface area contributed by atoms with Crippen LogP contribution in [0.25, 0.3) is 0 Å². The maximum absolute atomic E-state index is 11.9. The summed E-state index contributed by atoms with van der Waals surface area (Å²) in [5.74, 6) is 0.674. The van der Waals surface area contributed by atoms with Crippen LogP contribution < -0.4 is 9.47 Å². The quantitative estimate of drug-likeness (QED) is 0.601. The minimum Gasteiger partial charge on any atom is -0.469 e. The van der Waals surface area contributed by atoms with Crippen LogP contribution in [-0.4, -0.2) is 25.7 Å². The van der Waals surface area contributed by atoms with Crippen molar-refractivity contribution >= 4 is 11.8 Å². The van der Waals surface area contributed by atoms with Crippen molar-refractivity contribution in [1.82, 2.24) is 0 Å². The molecule has 0 amide bonds. The van der Waals surface area contributed by atoms with Crippen LogP contribution in [0.5, 0.6) is 11.5 Å². The van der Waals surface area contributed by atoms with Crippen LogP contribution in [-0.2, 0) is 16.0 Å². The highest BCUT2D eigenvalue weighted by Gasteiger charge is 2.21. The number of ether oxygens (including phenoxy) is 3. The number of carbonyl (C=O) groups is 2. The summed E-state index contributed by atoms with van der Waals surface area (Å²) in [6.45, 7) is 1.91. The van der Waals surface area contributed by atoms with Crippen LogP contribution in [0, 0.1) is 0 Å². The van der Waals surface area contributed by atoms with Crippen LogP contribution in [0.1, 0.15) is 29.3 Å². The normalized spacial score (nSPS) is 12.3. The van der Waals surface area contributed by atoms with E-state index in [4.69, 9.17) is 9.47 Å². The first-order valence-corrected chi connectivity index (χ1v) is 5.68. The highest BCUT2D eigenvalue weighted by molar-refractivity contribution is 5.99. The van der Waals surface area contributed by atoms with Gasteiger partial charge >= 0.3 is 5.97 Å². The third kappa shape index (κ3) is 2.30. The minimum absolute atomic E-state index is 0.0350. The molecule has 0 unspecified atom stereocenters. The van der Waals surface area contributed by atoms with Crippen molar-refractivity contribution in [1.29, 1.82) is 0 Å². The zero-order valence-electron chi connectivity index (χ0n) is 10.3. The van der Waals surface area contributed by atoms with E-state index >= 15 is 0 Å². The molecule has 0 fully saturated rings. The fraction of sp³-hybridized carbons (Fsp3) is 0.385. The molecule has 0 radical (unpaired) electrons. The van der Waals surface area contributed by atoms with Gasteiger partial charge in [0.15, 0.2) is 17.3 Å². The molecule has 0 N–H and O–H groups in total. The second-order valence-corrected chi connectivity index (χ2v) is 3.89. The van der Waals surface area contributed by atoms with Crippen LogP contribution in [0.4, 0.5) is 0 Å². The lowest BCUT2D eigenvalue weighted by atomic mass is 9.99. The molecule has 0 aliphatic carbocycles. The van der Waals surface area contributed by atoms with Crippen LogP contribution >= 0.6 is 0 Å². The Bertz CT molecular complexity index is 492. The average molecular weight is 250 g/mol. The Labute approximate surface area is 105 Å². The van der Waals surface area contributed by atoms with Crippen molar-refractivity contribution < 1.29 is 23.8 Å². The number of methoxy groups -OCH3 is 1. The van der Waals surface area contributed by atoms with E-state index < -0.39 is 0 Å². The zero-order chi connectivity index (χ0) is 13.1. The molecule has 1 aliphatic rings. The van der Waals surface area contributed by atoms with Gasteiger partial charge in [-0.15, -0.1) is 0 Å². The van der Waals surface area contributed by atoms with Crippen molar-refractivity contribution in [2.75, 3.05) is 13.9 Å². The molecule has 0 atom stereocenters. The first kappa shape index (κ1) is 12.4. The van der Waals surface area contributed by atoms with E-state index in [0.29, 0.717) is 29.0 Å². The maximum Gasteiger partial charge on any atom is 0.310 e. The molecule has 0 spiro atoms. The van der Waals surface area contributed by atoms with Gasteiger partial charge in [-0.2, -0.15) is 0 Å². The summed E-state index contributed by atoms with van der Waals surface area (Å²) in [4.78, 5) is 23.2. The fourth-order valence-electron chi connectivity index (χ4n) is 1.81. The maximum atomic E-state index is 11.9. The smallest absolute Gasteiger partial charge is 0.310 e. The Morgan fingerprint density at radius 2 is 1.94 bits per heavy atom. The van der Waals surface area contributed by atoms with E-state index in [0.717, 1.165) is 0 Å². The molecule has 1 heterocycles. The topological polar surface area (TPSA) is 61.8 Å². The van der Waals surface area contributed by atoms with Gasteiger partial charge in [-0.1, -0.05) is 6.92 Å². The van der Waals surface area contributed by atoms with Crippen molar-refractivity contribution in [3.8, 4) is 11.5 Å². The summed E-state index contributed by atoms with van der Waals surface area (Å²) in [6, 6.07) is 3.30. The molecule has 5 heteroatoms. The lowest BCUT2D eigenvalue weighted by molar-refractivity contribution is -0.139. The standard InChI is InChI=1S/C13H14O5/c1-3-10(14)9-6-12-11(17-7-18-12)4-8(9)5-13(15)16-2/h4,6H,3,5,7H2,1-2H3. The van der Waals surface area contributed by atoms with E-state index in [-0.39, 0.29) is 25.0 Å². The van der Waals surface area contributed by atoms with Crippen LogP contribution in [0.3, 0.4) is 0 Å². The largest absolute Gasteiger partial charge is 0.469 e. The third-order valence-corrected chi connectivity index (χ3v) is 2.78. The highest BCUT2D eigenvalue weighted by atomic mass is 16.7. The van der Waals surface area contributed by atoms with Crippen molar-refractivity contribution in [2.24, 2.45) is 0 Å². The molecule has 0 saturated carbocycles. The average Bonchev–Trinajstić information content (AvgIpc) is 2.83. The van der Waals surface area contributed by atoms with Gasteiger partial charge in [-0.3, -0.25) is 9.59 Å². The first-order valence-electron chi connectivity index (χ1n) is 5.68. The Morgan fingerprint density at radius 1 is 1.28 bits per heavy atom. The van der Waals surface area contributed by atoms with Crippen LogP contribution in [0.15, 0.2) is 12.1 Å². The molecule has 1 aliphatic heterocycles. The molecular weight excluding hydrogens is 236 g/mol. The van der Waals surface area contributed by atoms with Gasteiger partial charge in [0.05, 0.1) is 13.5 Å². The number of carbonyl (C=O) groups excluding carboxylic acids is 2. The Balaban J connectivity index is 2.41. The Morgan fingerprint density at radius 3 is 2.56 bits per heavy atom. The molecular formula is C13H14O5. The van der Waals surface area contributed by atoms with Gasteiger partial charge < -0.3 is 14.2 Å². The van der Waals surface area contributed by atoms with Gasteiger partial charge in [-0.05, 0) is 17.7 Å². The summed E-state index contributed by atoms with van der Waals surface area (Å²) in [5, 5.41) is 0. The number of fused-ring (bicyclic) bond motifs is 1. The van der Waals surface area contributed by atoms with Crippen molar-refractivity contribution in [2.45, 2.75) is 19.8 Å². The van der Waals surface area contributed by atoms with Crippen molar-refractivity contribution in [3.63, 3.8) is 0 Å². The van der Waals surface area contributed by atoms with Crippen molar-refractivity contribution in [3.05, 3.63) is 23.3 Å². The summed E-state index contributed by atoms with van der Waals surface area (Å²) >= 11 is 0. The number of hydrogen-bond donors (Lipinski definition) is 0. The van der Waals surface area contributed by atoms with Crippen LogP contribution in [0.2, 0.25) is 0 Å². The number of hydrogen-bond acceptors (Lipinski definition) is 5. The second-order valence-electron chi connectivity index (χ2n) is 3.89. The van der Waals surface area contributed by atoms with E-state index in [2.05, 4.69) is 4.74 Å². The van der Waals surface area contributed by atoms with Gasteiger partial charge in [0, 0.05) is 12.0 Å². The number of benzene rings is 1. The lowest BCUT2D eigenvalue weighted by Gasteiger charge is -2.08. The molecule has 5 nitrogen and oxygen atoms in total. The SMILES string of the molecule is CCC(=O)c1cc2c(cc1CC(=O)OC)OCO2. The second kappa shape index (κ2) is 5.08. The zero-order valence-corrected chi connectivity index (χ0v) is 10.3. The van der Waals surface area contributed by atoms with E-state index in [1.165, 1.54) is 7.11 Å². The molecule has 0 aromatic heterocycles. The number of esters is 1. The summed E-state index contributed by atoms with van der Waals surface area (Å²) < 4.78 is 15.1. The molecule has 18 heavy (non-hydrogen) atoms. The predicted octanol–water partition coefficient (Wildman–Crippen LogP) is 1.72. The number of ketones is 1. The van der Waals surface area contributed by atoms with Gasteiger partial charge in [0.2, 0.25) is 6.79 Å². The molecule has 96 valence electrons. The fourth-order valence-corrected chi connectivity index (χ4v) is 1.81. The lowest BCUT2D eigenvalue weighted by Crippen LogP contribution is -2.09. The van der Waals surface area contributed by atoms with E-state index in [1.54, 1.807) is 19.1 Å². The molecule has 1 aromatic carbocycles. The minimum atomic E-state index is -0.390. The predicted molar refractivity (Wildman–Crippen MR) is 62.9 cm³/mol. The first-order chi connectivity index (χ1) is 8.65. The summed E-state index contributed by atoms with van der Waals surface area (Å²) in [6.07, 6.45) is 0.419. The third-order valence-electron chi connectivity index (χ3n) is 2.78. The Kier molecular flexibility index (Phi) is 3.50. The Hall–Kier alpha value is -2.04. The van der Waals surface area contributed by atoms with Gasteiger partial charge in [0.1, 0.15) is 0 Å². The van der Waals surface area contributed by atoms with Gasteiger partial charge in [-0.25, -0.2) is 0 Å². The molecule has 0 bridgehead atoms. The highest BCUT2D eigenvalue weighted by Crippen LogP contribution is 2.35. The van der Waals surface area contributed by atoms with E-state index in [1.807, 2.05) is 0 Å². The van der Waals surface area contributed by atoms with E-state index in [9.17, 15) is 9.59 Å². The monoisotopic (exact) mass is 250 g/mol. The number of Topliss-reactive ketones (excluding diaryl/α,β-unsaturated/α-hetero) is 1. The van der Waals surface area contributed by atoms with Gasteiger partial charge in [0.25, 0.3) is 0 Å². The molecule has 0 saturated heterocycles. The number of rotatable bonds is 4. The molecule has 2 rings (SSSR count). The summed E-state index contributed by atoms with van der Waals surface area (Å²) in [5.41, 5.74) is 1.10.